The Morgan fingerprint density at radius 1 is 1.08 bits per heavy atom. The molecule has 0 spiro atoms. The molecule has 7 heteroatoms. The zero-order valence-electron chi connectivity index (χ0n) is 14.8. The Balaban J connectivity index is 1.54. The number of piperidine rings is 1. The second-order valence-corrected chi connectivity index (χ2v) is 7.08. The van der Waals surface area contributed by atoms with E-state index in [9.17, 15) is 4.79 Å². The third-order valence-electron chi connectivity index (χ3n) is 5.33. The summed E-state index contributed by atoms with van der Waals surface area (Å²) in [6.07, 6.45) is 14.2. The van der Waals surface area contributed by atoms with Crippen LogP contribution >= 0.6 is 0 Å². The Morgan fingerprint density at radius 2 is 1.85 bits per heavy atom. The first-order valence-corrected chi connectivity index (χ1v) is 9.47. The first-order valence-electron chi connectivity index (χ1n) is 9.47. The topological polar surface area (TPSA) is 83.9 Å². The van der Waals surface area contributed by atoms with Crippen molar-refractivity contribution in [3.63, 3.8) is 0 Å². The largest absolute Gasteiger partial charge is 0.334 e. The van der Waals surface area contributed by atoms with Gasteiger partial charge in [-0.2, -0.15) is 0 Å². The molecule has 2 aromatic rings. The molecule has 2 aliphatic rings. The molecule has 0 radical (unpaired) electrons. The van der Waals surface area contributed by atoms with Gasteiger partial charge in [-0.3, -0.25) is 4.79 Å². The molecule has 1 saturated heterocycles. The van der Waals surface area contributed by atoms with E-state index in [1.54, 1.807) is 18.6 Å². The number of likely N-dealkylation sites (tertiary alicyclic amines) is 1. The summed E-state index contributed by atoms with van der Waals surface area (Å²) in [4.78, 5) is 32.0. The maximum atomic E-state index is 13.0. The van der Waals surface area contributed by atoms with Crippen molar-refractivity contribution in [1.29, 1.82) is 0 Å². The van der Waals surface area contributed by atoms with E-state index in [0.29, 0.717) is 11.9 Å². The molecule has 136 valence electrons. The first kappa shape index (κ1) is 16.9. The fourth-order valence-corrected chi connectivity index (χ4v) is 4.02. The summed E-state index contributed by atoms with van der Waals surface area (Å²) in [5.74, 6) is 1.03. The van der Waals surface area contributed by atoms with Gasteiger partial charge in [0.25, 0.3) is 0 Å². The number of hydrogen-bond donors (Lipinski definition) is 1. The van der Waals surface area contributed by atoms with Gasteiger partial charge in [-0.15, -0.1) is 0 Å². The van der Waals surface area contributed by atoms with Crippen LogP contribution in [-0.4, -0.2) is 37.3 Å². The Bertz CT molecular complexity index is 747. The first-order chi connectivity index (χ1) is 12.8. The van der Waals surface area contributed by atoms with Crippen molar-refractivity contribution in [2.24, 2.45) is 5.92 Å². The van der Waals surface area contributed by atoms with E-state index >= 15 is 0 Å². The highest BCUT2D eigenvalue weighted by atomic mass is 16.2. The Kier molecular flexibility index (Phi) is 5.04. The van der Waals surface area contributed by atoms with Crippen molar-refractivity contribution in [2.75, 3.05) is 11.9 Å². The fraction of sp³-hybridized carbons (Fsp3) is 0.526. The average molecular weight is 352 g/mol. The van der Waals surface area contributed by atoms with Crippen LogP contribution in [0.1, 0.15) is 56.7 Å². The van der Waals surface area contributed by atoms with E-state index in [4.69, 9.17) is 0 Å². The van der Waals surface area contributed by atoms with Gasteiger partial charge in [-0.05, 0) is 38.2 Å². The van der Waals surface area contributed by atoms with E-state index in [2.05, 4.69) is 30.2 Å². The molecule has 0 unspecified atom stereocenters. The molecule has 1 saturated carbocycles. The molecule has 1 aliphatic heterocycles. The van der Waals surface area contributed by atoms with Gasteiger partial charge in [0.2, 0.25) is 11.9 Å². The Labute approximate surface area is 153 Å². The monoisotopic (exact) mass is 352 g/mol. The van der Waals surface area contributed by atoms with Gasteiger partial charge in [-0.25, -0.2) is 19.9 Å². The fourth-order valence-electron chi connectivity index (χ4n) is 4.02. The van der Waals surface area contributed by atoms with Crippen LogP contribution in [0.2, 0.25) is 0 Å². The second-order valence-electron chi connectivity index (χ2n) is 7.08. The number of carbonyl (C=O) groups excluding carboxylic acids is 1. The summed E-state index contributed by atoms with van der Waals surface area (Å²) in [6.45, 7) is 0.833. The lowest BCUT2D eigenvalue weighted by atomic mass is 9.96. The van der Waals surface area contributed by atoms with E-state index < -0.39 is 0 Å². The number of nitrogens with zero attached hydrogens (tertiary/aromatic N) is 5. The Hall–Kier alpha value is -2.57. The molecule has 0 aromatic carbocycles. The number of carbonyl (C=O) groups is 1. The predicted molar refractivity (Wildman–Crippen MR) is 97.6 cm³/mol. The summed E-state index contributed by atoms with van der Waals surface area (Å²) in [5, 5.41) is 3.13. The molecule has 2 fully saturated rings. The number of hydrogen-bond acceptors (Lipinski definition) is 6. The molecular weight excluding hydrogens is 328 g/mol. The van der Waals surface area contributed by atoms with Gasteiger partial charge in [0.05, 0.1) is 29.8 Å². The summed E-state index contributed by atoms with van der Waals surface area (Å²) >= 11 is 0. The molecule has 7 nitrogen and oxygen atoms in total. The summed E-state index contributed by atoms with van der Waals surface area (Å²) in [6, 6.07) is 1.98. The Morgan fingerprint density at radius 3 is 2.65 bits per heavy atom. The minimum atomic E-state index is 0.0485. The number of amides is 1. The summed E-state index contributed by atoms with van der Waals surface area (Å²) in [7, 11) is 0. The maximum absolute atomic E-state index is 13.0. The van der Waals surface area contributed by atoms with E-state index in [1.165, 1.54) is 19.2 Å². The SMILES string of the molecule is O=C(C1CCCC1)N1CCCC[C@H]1c1ccnc(Nc2cncnc2)n1. The van der Waals surface area contributed by atoms with Crippen LogP contribution in [0.3, 0.4) is 0 Å². The van der Waals surface area contributed by atoms with Crippen LogP contribution in [0.15, 0.2) is 31.0 Å². The number of nitrogens with one attached hydrogen (secondary N) is 1. The lowest BCUT2D eigenvalue weighted by Crippen LogP contribution is -2.41. The molecule has 1 amide bonds. The van der Waals surface area contributed by atoms with Crippen LogP contribution in [0.5, 0.6) is 0 Å². The molecule has 0 bridgehead atoms. The minimum absolute atomic E-state index is 0.0485. The van der Waals surface area contributed by atoms with E-state index in [0.717, 1.165) is 50.0 Å². The van der Waals surface area contributed by atoms with Gasteiger partial charge in [-0.1, -0.05) is 12.8 Å². The molecule has 26 heavy (non-hydrogen) atoms. The average Bonchev–Trinajstić information content (AvgIpc) is 3.23. The highest BCUT2D eigenvalue weighted by Crippen LogP contribution is 2.35. The van der Waals surface area contributed by atoms with Crippen molar-refractivity contribution in [3.05, 3.63) is 36.7 Å². The van der Waals surface area contributed by atoms with E-state index in [-0.39, 0.29) is 12.0 Å². The predicted octanol–water partition coefficient (Wildman–Crippen LogP) is 3.25. The molecule has 4 rings (SSSR count). The highest BCUT2D eigenvalue weighted by Gasteiger charge is 2.34. The third kappa shape index (κ3) is 3.66. The van der Waals surface area contributed by atoms with Crippen molar-refractivity contribution in [2.45, 2.75) is 51.0 Å². The smallest absolute Gasteiger partial charge is 0.227 e. The number of rotatable bonds is 4. The molecule has 1 aliphatic carbocycles. The summed E-state index contributed by atoms with van der Waals surface area (Å²) in [5.41, 5.74) is 1.65. The van der Waals surface area contributed by atoms with Gasteiger partial charge >= 0.3 is 0 Å². The van der Waals surface area contributed by atoms with Crippen molar-refractivity contribution in [1.82, 2.24) is 24.8 Å². The molecule has 2 aromatic heterocycles. The van der Waals surface area contributed by atoms with E-state index in [1.807, 2.05) is 6.07 Å². The minimum Gasteiger partial charge on any atom is -0.334 e. The summed E-state index contributed by atoms with van der Waals surface area (Å²) < 4.78 is 0. The van der Waals surface area contributed by atoms with Crippen LogP contribution in [0, 0.1) is 5.92 Å². The molecule has 1 atom stereocenters. The quantitative estimate of drug-likeness (QED) is 0.909. The lowest BCUT2D eigenvalue weighted by molar-refractivity contribution is -0.139. The normalized spacial score (nSPS) is 20.9. The molecular formula is C19H24N6O. The van der Waals surface area contributed by atoms with Crippen molar-refractivity contribution < 1.29 is 4.79 Å². The molecule has 1 N–H and O–H groups in total. The number of aromatic nitrogens is 4. The van der Waals surface area contributed by atoms with Crippen molar-refractivity contribution >= 4 is 17.5 Å². The molecule has 3 heterocycles. The van der Waals surface area contributed by atoms with Crippen LogP contribution in [0.4, 0.5) is 11.6 Å². The second kappa shape index (κ2) is 7.76. The van der Waals surface area contributed by atoms with Crippen LogP contribution in [0.25, 0.3) is 0 Å². The van der Waals surface area contributed by atoms with Gasteiger partial charge in [0.1, 0.15) is 6.33 Å². The zero-order chi connectivity index (χ0) is 17.8. The highest BCUT2D eigenvalue weighted by molar-refractivity contribution is 5.79. The van der Waals surface area contributed by atoms with Gasteiger partial charge < -0.3 is 10.2 Å². The number of anilines is 2. The lowest BCUT2D eigenvalue weighted by Gasteiger charge is -2.37. The van der Waals surface area contributed by atoms with Crippen LogP contribution in [-0.2, 0) is 4.79 Å². The van der Waals surface area contributed by atoms with Gasteiger partial charge in [0, 0.05) is 18.7 Å². The zero-order valence-corrected chi connectivity index (χ0v) is 14.8. The van der Waals surface area contributed by atoms with Crippen molar-refractivity contribution in [3.8, 4) is 0 Å². The maximum Gasteiger partial charge on any atom is 0.227 e. The third-order valence-corrected chi connectivity index (χ3v) is 5.33. The van der Waals surface area contributed by atoms with Gasteiger partial charge in [0.15, 0.2) is 0 Å². The standard InChI is InChI=1S/C19H24N6O/c26-18(14-5-1-2-6-14)25-10-4-3-7-17(25)16-8-9-22-19(24-16)23-15-11-20-13-21-12-15/h8-9,11-14,17H,1-7,10H2,(H,22,23,24)/t17-/m0/s1. The van der Waals surface area contributed by atoms with Crippen LogP contribution < -0.4 is 5.32 Å².